The molecule has 9 rings (SSSR count). The summed E-state index contributed by atoms with van der Waals surface area (Å²) in [6, 6.07) is 13.5. The highest BCUT2D eigenvalue weighted by molar-refractivity contribution is 6.11. The van der Waals surface area contributed by atoms with Crippen LogP contribution in [0.25, 0.3) is 21.7 Å². The van der Waals surface area contributed by atoms with Gasteiger partial charge in [-0.3, -0.25) is 34.4 Å². The number of piperazine rings is 1. The molecule has 6 heterocycles. The van der Waals surface area contributed by atoms with E-state index in [2.05, 4.69) is 36.5 Å². The van der Waals surface area contributed by atoms with Crippen molar-refractivity contribution in [2.45, 2.75) is 62.8 Å². The number of imide groups is 1. The van der Waals surface area contributed by atoms with Crippen molar-refractivity contribution >= 4 is 56.6 Å². The third-order valence-corrected chi connectivity index (χ3v) is 11.8. The molecule has 2 aromatic carbocycles. The molecule has 56 heavy (non-hydrogen) atoms. The minimum atomic E-state index is -4.66. The maximum atomic E-state index is 13.2. The van der Waals surface area contributed by atoms with E-state index >= 15 is 0 Å². The average Bonchev–Trinajstić information content (AvgIpc) is 3.92. The van der Waals surface area contributed by atoms with Crippen molar-refractivity contribution in [3.63, 3.8) is 0 Å². The van der Waals surface area contributed by atoms with Crippen molar-refractivity contribution in [1.82, 2.24) is 30.0 Å². The molecule has 0 unspecified atom stereocenters. The van der Waals surface area contributed by atoms with Crippen LogP contribution in [0.2, 0.25) is 0 Å². The maximum Gasteiger partial charge on any atom is 0.433 e. The number of benzene rings is 2. The van der Waals surface area contributed by atoms with Crippen LogP contribution >= 0.6 is 0 Å². The van der Waals surface area contributed by atoms with Gasteiger partial charge in [0.25, 0.3) is 5.91 Å². The van der Waals surface area contributed by atoms with Gasteiger partial charge in [0.15, 0.2) is 0 Å². The molecule has 13 nitrogen and oxygen atoms in total. The lowest BCUT2D eigenvalue weighted by Crippen LogP contribution is -2.49. The Morgan fingerprint density at radius 3 is 2.54 bits per heavy atom. The molecule has 0 spiro atoms. The second-order valence-electron chi connectivity index (χ2n) is 15.2. The molecular weight excluding hydrogens is 727 g/mol. The number of methoxy groups -OCH3 is 1. The summed E-state index contributed by atoms with van der Waals surface area (Å²) in [6.07, 6.45) is 6.38. The molecule has 4 amide bonds. The number of carbonyl (C=O) groups excluding carboxylic acids is 3. The number of nitrogens with zero attached hydrogens (tertiary/aromatic N) is 7. The van der Waals surface area contributed by atoms with Crippen molar-refractivity contribution < 1.29 is 32.3 Å². The van der Waals surface area contributed by atoms with Crippen molar-refractivity contribution in [3.8, 4) is 5.75 Å². The van der Waals surface area contributed by atoms with E-state index in [1.807, 2.05) is 29.2 Å². The molecule has 0 radical (unpaired) electrons. The Balaban J connectivity index is 0.822. The molecule has 3 aromatic heterocycles. The molecule has 2 bridgehead atoms. The van der Waals surface area contributed by atoms with Gasteiger partial charge in [0.2, 0.25) is 5.91 Å². The number of alkyl halides is 3. The first-order valence-corrected chi connectivity index (χ1v) is 18.9. The number of hydrogen-bond acceptors (Lipinski definition) is 9. The Morgan fingerprint density at radius 2 is 1.79 bits per heavy atom. The van der Waals surface area contributed by atoms with Crippen LogP contribution in [-0.4, -0.2) is 87.9 Å². The zero-order chi connectivity index (χ0) is 38.7. The predicted octanol–water partition coefficient (Wildman–Crippen LogP) is 6.40. The number of halogens is 3. The van der Waals surface area contributed by atoms with Gasteiger partial charge in [-0.2, -0.15) is 18.3 Å². The van der Waals surface area contributed by atoms with E-state index in [1.165, 1.54) is 13.2 Å². The van der Waals surface area contributed by atoms with E-state index in [-0.39, 0.29) is 24.1 Å². The number of rotatable bonds is 8. The zero-order valence-corrected chi connectivity index (χ0v) is 30.6. The molecule has 1 saturated carbocycles. The summed E-state index contributed by atoms with van der Waals surface area (Å²) in [4.78, 5) is 52.1. The molecule has 5 aromatic rings. The topological polar surface area (TPSA) is 138 Å². The van der Waals surface area contributed by atoms with Gasteiger partial charge in [-0.05, 0) is 62.3 Å². The standard InChI is InChI=1S/C40H40F3N9O4/c1-56-35-16-31-24(14-32(35)46-38(54)30-5-3-7-36(45-30)40(41,42)43)20-52(48-31)25-10-8-23(9-11-25)19-49-21-27-15-26(49)22-51(27)33-6-2-4-28-29(33)17-44-18-34(28)50-13-12-37(53)47-39(50)55/h2-7,14,16-18,20,23,25-27H,8-13,15,19,21-22H2,1H3,(H,46,54)(H,47,53,55)/t23-,25-,26-,27-/m0/s1. The molecular formula is C40H40F3N9O4. The second kappa shape index (κ2) is 14.1. The van der Waals surface area contributed by atoms with Crippen molar-refractivity contribution in [2.24, 2.45) is 5.92 Å². The SMILES string of the molecule is COc1cc2nn([C@H]3CC[C@H](CN4C[C@@H]5C[C@H]4CN5c4cccc5c(N6CCC(=O)NC6=O)cncc45)CC3)cc2cc1NC(=O)c1cccc(C(F)(F)F)n1. The van der Waals surface area contributed by atoms with E-state index in [0.717, 1.165) is 85.7 Å². The first-order valence-electron chi connectivity index (χ1n) is 18.9. The minimum absolute atomic E-state index is 0.226. The fourth-order valence-electron chi connectivity index (χ4n) is 9.05. The number of carbonyl (C=O) groups is 3. The lowest BCUT2D eigenvalue weighted by molar-refractivity contribution is -0.141. The van der Waals surface area contributed by atoms with E-state index in [4.69, 9.17) is 9.84 Å². The van der Waals surface area contributed by atoms with Crippen LogP contribution in [0.1, 0.15) is 60.7 Å². The molecule has 16 heteroatoms. The smallest absolute Gasteiger partial charge is 0.433 e. The normalized spacial score (nSPS) is 22.9. The fourth-order valence-corrected chi connectivity index (χ4v) is 9.05. The Hall–Kier alpha value is -5.77. The molecule has 4 aliphatic rings. The Labute approximate surface area is 319 Å². The summed E-state index contributed by atoms with van der Waals surface area (Å²) >= 11 is 0. The van der Waals surface area contributed by atoms with E-state index < -0.39 is 23.8 Å². The van der Waals surface area contributed by atoms with Crippen LogP contribution in [-0.2, 0) is 11.0 Å². The minimum Gasteiger partial charge on any atom is -0.494 e. The van der Waals surface area contributed by atoms with Gasteiger partial charge in [-0.1, -0.05) is 18.2 Å². The summed E-state index contributed by atoms with van der Waals surface area (Å²) in [6.45, 7) is 3.32. The Morgan fingerprint density at radius 1 is 0.964 bits per heavy atom. The summed E-state index contributed by atoms with van der Waals surface area (Å²) in [5, 5.41) is 12.7. The lowest BCUT2D eigenvalue weighted by Gasteiger charge is -2.39. The van der Waals surface area contributed by atoms with E-state index in [0.29, 0.717) is 47.2 Å². The molecule has 4 fully saturated rings. The van der Waals surface area contributed by atoms with E-state index in [1.54, 1.807) is 23.2 Å². The Kier molecular flexibility index (Phi) is 9.02. The van der Waals surface area contributed by atoms with Crippen LogP contribution in [0.3, 0.4) is 0 Å². The summed E-state index contributed by atoms with van der Waals surface area (Å²) in [7, 11) is 1.46. The van der Waals surface area contributed by atoms with Gasteiger partial charge in [0, 0.05) is 85.0 Å². The van der Waals surface area contributed by atoms with Crippen molar-refractivity contribution in [3.05, 3.63) is 78.5 Å². The molecule has 3 aliphatic heterocycles. The van der Waals surface area contributed by atoms with Crippen LogP contribution in [0.4, 0.5) is 35.0 Å². The molecule has 2 atom stereocenters. The van der Waals surface area contributed by atoms with Gasteiger partial charge in [-0.15, -0.1) is 0 Å². The maximum absolute atomic E-state index is 13.2. The molecule has 3 saturated heterocycles. The van der Waals surface area contributed by atoms with Crippen LogP contribution < -0.4 is 25.2 Å². The van der Waals surface area contributed by atoms with Gasteiger partial charge in [0.05, 0.1) is 36.2 Å². The number of aromatic nitrogens is 4. The first-order chi connectivity index (χ1) is 27.0. The average molecular weight is 768 g/mol. The lowest BCUT2D eigenvalue weighted by atomic mass is 9.85. The van der Waals surface area contributed by atoms with Gasteiger partial charge < -0.3 is 15.0 Å². The summed E-state index contributed by atoms with van der Waals surface area (Å²) in [5.41, 5.74) is 1.37. The van der Waals surface area contributed by atoms with Gasteiger partial charge >= 0.3 is 12.2 Å². The number of nitrogens with one attached hydrogen (secondary N) is 2. The number of likely N-dealkylation sites (tertiary alicyclic amines) is 1. The summed E-state index contributed by atoms with van der Waals surface area (Å²) < 4.78 is 47.0. The third kappa shape index (κ3) is 6.65. The Bertz CT molecular complexity index is 2360. The van der Waals surface area contributed by atoms with Gasteiger partial charge in [0.1, 0.15) is 17.1 Å². The third-order valence-electron chi connectivity index (χ3n) is 11.8. The monoisotopic (exact) mass is 767 g/mol. The number of anilines is 3. The van der Waals surface area contributed by atoms with Gasteiger partial charge in [-0.25, -0.2) is 9.78 Å². The second-order valence-corrected chi connectivity index (χ2v) is 15.2. The van der Waals surface area contributed by atoms with Crippen LogP contribution in [0, 0.1) is 5.92 Å². The van der Waals surface area contributed by atoms with Crippen LogP contribution in [0.5, 0.6) is 5.75 Å². The fraction of sp³-hybridized carbons (Fsp3) is 0.400. The predicted molar refractivity (Wildman–Crippen MR) is 203 cm³/mol. The number of amides is 4. The summed E-state index contributed by atoms with van der Waals surface area (Å²) in [5.74, 6) is -0.107. The highest BCUT2D eigenvalue weighted by atomic mass is 19.4. The quantitative estimate of drug-likeness (QED) is 0.184. The number of urea groups is 1. The van der Waals surface area contributed by atoms with Crippen LogP contribution in [0.15, 0.2) is 67.1 Å². The van der Waals surface area contributed by atoms with Crippen molar-refractivity contribution in [2.75, 3.05) is 48.4 Å². The number of fused-ring (bicyclic) bond motifs is 4. The highest BCUT2D eigenvalue weighted by Crippen LogP contribution is 2.42. The number of hydrogen-bond donors (Lipinski definition) is 2. The van der Waals surface area contributed by atoms with E-state index in [9.17, 15) is 27.6 Å². The zero-order valence-electron chi connectivity index (χ0n) is 30.6. The molecule has 290 valence electrons. The number of pyridine rings is 2. The van der Waals surface area contributed by atoms with Crippen molar-refractivity contribution in [1.29, 1.82) is 0 Å². The first kappa shape index (κ1) is 35.9. The number of ether oxygens (including phenoxy) is 1. The largest absolute Gasteiger partial charge is 0.494 e. The molecule has 2 N–H and O–H groups in total. The molecule has 1 aliphatic carbocycles. The highest BCUT2D eigenvalue weighted by Gasteiger charge is 2.44.